The van der Waals surface area contributed by atoms with Crippen molar-refractivity contribution in [1.82, 2.24) is 14.9 Å². The van der Waals surface area contributed by atoms with Crippen molar-refractivity contribution in [3.8, 4) is 0 Å². The van der Waals surface area contributed by atoms with Crippen LogP contribution in [0.15, 0.2) is 32.8 Å². The zero-order valence-corrected chi connectivity index (χ0v) is 17.4. The quantitative estimate of drug-likeness (QED) is 0.451. The monoisotopic (exact) mass is 457 g/mol. The average Bonchev–Trinajstić information content (AvgIpc) is 3.33. The Morgan fingerprint density at radius 1 is 1.33 bits per heavy atom. The Labute approximate surface area is 177 Å². The molecule has 3 heterocycles. The van der Waals surface area contributed by atoms with Crippen LogP contribution in [-0.2, 0) is 24.2 Å². The molecule has 0 fully saturated rings. The molecule has 0 bridgehead atoms. The molecule has 1 N–H and O–H groups in total. The Morgan fingerprint density at radius 3 is 2.87 bits per heavy atom. The van der Waals surface area contributed by atoms with Crippen LogP contribution in [0.3, 0.4) is 0 Å². The number of rotatable bonds is 6. The zero-order chi connectivity index (χ0) is 21.3. The van der Waals surface area contributed by atoms with Crippen LogP contribution in [0, 0.1) is 0 Å². The lowest BCUT2D eigenvalue weighted by molar-refractivity contribution is -0.136. The lowest BCUT2D eigenvalue weighted by Gasteiger charge is -2.13. The Bertz CT molecular complexity index is 1120. The summed E-state index contributed by atoms with van der Waals surface area (Å²) >= 11 is 2.42. The number of carbonyl (C=O) groups excluding carboxylic acids is 1. The summed E-state index contributed by atoms with van der Waals surface area (Å²) in [6.07, 6.45) is 0.856. The van der Waals surface area contributed by atoms with Gasteiger partial charge in [-0.1, -0.05) is 11.8 Å². The van der Waals surface area contributed by atoms with Gasteiger partial charge in [0.15, 0.2) is 5.16 Å². The smallest absolute Gasteiger partial charge is 0.405 e. The summed E-state index contributed by atoms with van der Waals surface area (Å²) in [4.78, 5) is 31.5. The highest BCUT2D eigenvalue weighted by Gasteiger charge is 2.28. The molecule has 3 aromatic heterocycles. The largest absolute Gasteiger partial charge is 0.467 e. The molecule has 0 aromatic carbocycles. The first-order chi connectivity index (χ1) is 14.3. The van der Waals surface area contributed by atoms with Crippen molar-refractivity contribution in [3.63, 3.8) is 0 Å². The molecule has 6 nitrogen and oxygen atoms in total. The molecule has 30 heavy (non-hydrogen) atoms. The van der Waals surface area contributed by atoms with E-state index in [1.54, 1.807) is 12.1 Å². The zero-order valence-electron chi connectivity index (χ0n) is 15.8. The van der Waals surface area contributed by atoms with E-state index < -0.39 is 18.6 Å². The Kier molecular flexibility index (Phi) is 5.92. The number of amides is 1. The number of hydrogen-bond donors (Lipinski definition) is 1. The second-order valence-electron chi connectivity index (χ2n) is 6.94. The Hall–Kier alpha value is -2.27. The number of nitrogens with zero attached hydrogens (tertiary/aromatic N) is 2. The van der Waals surface area contributed by atoms with Crippen LogP contribution >= 0.6 is 23.1 Å². The lowest BCUT2D eigenvalue weighted by atomic mass is 9.97. The molecule has 0 unspecified atom stereocenters. The summed E-state index contributed by atoms with van der Waals surface area (Å²) in [5.41, 5.74) is 0.834. The summed E-state index contributed by atoms with van der Waals surface area (Å²) < 4.78 is 43.7. The number of aryl methyl sites for hydroxylation is 2. The van der Waals surface area contributed by atoms with Crippen molar-refractivity contribution in [3.05, 3.63) is 45.0 Å². The van der Waals surface area contributed by atoms with Gasteiger partial charge in [0.2, 0.25) is 5.91 Å². The Morgan fingerprint density at radius 2 is 2.13 bits per heavy atom. The van der Waals surface area contributed by atoms with Crippen LogP contribution in [0.2, 0.25) is 0 Å². The van der Waals surface area contributed by atoms with Gasteiger partial charge in [-0.15, -0.1) is 11.3 Å². The van der Waals surface area contributed by atoms with Crippen molar-refractivity contribution in [2.45, 2.75) is 43.6 Å². The van der Waals surface area contributed by atoms with Gasteiger partial charge in [0.25, 0.3) is 5.56 Å². The molecule has 1 aliphatic rings. The van der Waals surface area contributed by atoms with E-state index in [1.807, 2.05) is 5.32 Å². The van der Waals surface area contributed by atoms with Gasteiger partial charge in [0, 0.05) is 4.88 Å². The van der Waals surface area contributed by atoms with Crippen LogP contribution in [0.25, 0.3) is 10.2 Å². The van der Waals surface area contributed by atoms with Gasteiger partial charge in [0.05, 0.1) is 23.9 Å². The molecule has 0 saturated heterocycles. The predicted octanol–water partition coefficient (Wildman–Crippen LogP) is 3.75. The minimum Gasteiger partial charge on any atom is -0.467 e. The van der Waals surface area contributed by atoms with E-state index in [2.05, 4.69) is 4.98 Å². The average molecular weight is 457 g/mol. The molecular weight excluding hydrogens is 439 g/mol. The summed E-state index contributed by atoms with van der Waals surface area (Å²) in [6, 6.07) is 3.43. The number of nitrogens with one attached hydrogen (secondary N) is 1. The van der Waals surface area contributed by atoms with E-state index in [9.17, 15) is 22.8 Å². The molecule has 0 spiro atoms. The van der Waals surface area contributed by atoms with Crippen molar-refractivity contribution in [2.24, 2.45) is 0 Å². The van der Waals surface area contributed by atoms with Gasteiger partial charge >= 0.3 is 6.18 Å². The minimum absolute atomic E-state index is 0.131. The van der Waals surface area contributed by atoms with Gasteiger partial charge in [-0.3, -0.25) is 14.2 Å². The minimum atomic E-state index is -4.48. The van der Waals surface area contributed by atoms with Gasteiger partial charge in [0.1, 0.15) is 17.1 Å². The van der Waals surface area contributed by atoms with Crippen LogP contribution in [0.5, 0.6) is 0 Å². The van der Waals surface area contributed by atoms with Crippen LogP contribution in [0.1, 0.15) is 29.0 Å². The van der Waals surface area contributed by atoms with E-state index in [1.165, 1.54) is 22.2 Å². The first kappa shape index (κ1) is 21.0. The van der Waals surface area contributed by atoms with Crippen LogP contribution < -0.4 is 10.9 Å². The number of fused-ring (bicyclic) bond motifs is 3. The molecule has 0 saturated carbocycles. The number of furan rings is 1. The molecule has 0 aliphatic heterocycles. The van der Waals surface area contributed by atoms with Crippen LogP contribution in [-0.4, -0.2) is 33.9 Å². The van der Waals surface area contributed by atoms with Gasteiger partial charge in [-0.05, 0) is 43.4 Å². The maximum Gasteiger partial charge on any atom is 0.405 e. The molecular formula is C19H18F3N3O3S2. The standard InChI is InChI=1S/C19H18F3N3O3S2/c20-19(21,22)10-23-14(26)9-29-18-24-16-15(12-5-1-2-6-13(12)30-16)17(27)25(18)8-11-4-3-7-28-11/h3-4,7H,1-2,5-6,8-10H2,(H,23,26). The summed E-state index contributed by atoms with van der Waals surface area (Å²) in [7, 11) is 0. The van der Waals surface area contributed by atoms with Gasteiger partial charge < -0.3 is 9.73 Å². The van der Waals surface area contributed by atoms with E-state index in [-0.39, 0.29) is 23.0 Å². The maximum atomic E-state index is 13.3. The summed E-state index contributed by atoms with van der Waals surface area (Å²) in [5, 5.41) is 2.72. The number of alkyl halides is 3. The number of thiophene rings is 1. The van der Waals surface area contributed by atoms with E-state index >= 15 is 0 Å². The SMILES string of the molecule is O=C(CSc1nc2sc3c(c2c(=O)n1Cc1ccco1)CCCC3)NCC(F)(F)F. The number of carbonyl (C=O) groups is 1. The topological polar surface area (TPSA) is 77.1 Å². The molecule has 4 rings (SSSR count). The highest BCUT2D eigenvalue weighted by molar-refractivity contribution is 7.99. The lowest BCUT2D eigenvalue weighted by Crippen LogP contribution is -2.35. The fraction of sp³-hybridized carbons (Fsp3) is 0.421. The molecule has 3 aromatic rings. The summed E-state index contributed by atoms with van der Waals surface area (Å²) in [6.45, 7) is -1.26. The third kappa shape index (κ3) is 4.56. The van der Waals surface area contributed by atoms with E-state index in [4.69, 9.17) is 4.42 Å². The molecule has 160 valence electrons. The molecule has 0 radical (unpaired) electrons. The highest BCUT2D eigenvalue weighted by atomic mass is 32.2. The molecule has 0 atom stereocenters. The second kappa shape index (κ2) is 8.46. The number of halogens is 3. The van der Waals surface area contributed by atoms with Gasteiger partial charge in [-0.25, -0.2) is 4.98 Å². The number of aromatic nitrogens is 2. The highest BCUT2D eigenvalue weighted by Crippen LogP contribution is 2.34. The maximum absolute atomic E-state index is 13.3. The third-order valence-corrected chi connectivity index (χ3v) is 6.91. The normalized spacial score (nSPS) is 14.1. The number of hydrogen-bond acceptors (Lipinski definition) is 6. The molecule has 11 heteroatoms. The fourth-order valence-corrected chi connectivity index (χ4v) is 5.54. The molecule has 1 amide bonds. The summed E-state index contributed by atoms with van der Waals surface area (Å²) in [5.74, 6) is -0.510. The first-order valence-electron chi connectivity index (χ1n) is 9.35. The van der Waals surface area contributed by atoms with Crippen molar-refractivity contribution in [2.75, 3.05) is 12.3 Å². The van der Waals surface area contributed by atoms with E-state index in [0.717, 1.165) is 47.9 Å². The van der Waals surface area contributed by atoms with Crippen molar-refractivity contribution < 1.29 is 22.4 Å². The van der Waals surface area contributed by atoms with E-state index in [0.29, 0.717) is 16.0 Å². The van der Waals surface area contributed by atoms with Crippen molar-refractivity contribution >= 4 is 39.2 Å². The number of thioether (sulfide) groups is 1. The first-order valence-corrected chi connectivity index (χ1v) is 11.2. The van der Waals surface area contributed by atoms with Crippen molar-refractivity contribution in [1.29, 1.82) is 0 Å². The Balaban J connectivity index is 1.66. The molecule has 1 aliphatic carbocycles. The van der Waals surface area contributed by atoms with Crippen LogP contribution in [0.4, 0.5) is 13.2 Å². The second-order valence-corrected chi connectivity index (χ2v) is 8.96. The van der Waals surface area contributed by atoms with Gasteiger partial charge in [-0.2, -0.15) is 13.2 Å². The third-order valence-electron chi connectivity index (χ3n) is 4.75. The fourth-order valence-electron chi connectivity index (χ4n) is 3.41. The predicted molar refractivity (Wildman–Crippen MR) is 108 cm³/mol.